The van der Waals surface area contributed by atoms with Crippen molar-refractivity contribution < 1.29 is 0 Å². The Bertz CT molecular complexity index is 601. The van der Waals surface area contributed by atoms with Gasteiger partial charge in [0.2, 0.25) is 0 Å². The number of aromatic nitrogens is 1. The molecule has 1 saturated heterocycles. The highest BCUT2D eigenvalue weighted by Gasteiger charge is 2.18. The maximum atomic E-state index is 4.43. The van der Waals surface area contributed by atoms with Crippen molar-refractivity contribution in [1.82, 2.24) is 15.2 Å². The van der Waals surface area contributed by atoms with Gasteiger partial charge in [-0.1, -0.05) is 18.2 Å². The summed E-state index contributed by atoms with van der Waals surface area (Å²) in [6, 6.07) is 15.6. The van der Waals surface area contributed by atoms with E-state index in [0.29, 0.717) is 6.04 Å². The smallest absolute Gasteiger partial charge is 0.0543 e. The summed E-state index contributed by atoms with van der Waals surface area (Å²) in [6.45, 7) is 4.22. The van der Waals surface area contributed by atoms with Crippen LogP contribution in [-0.4, -0.2) is 43.1 Å². The monoisotopic (exact) mass is 324 g/mol. The van der Waals surface area contributed by atoms with E-state index in [2.05, 4.69) is 70.6 Å². The molecule has 0 aliphatic carbocycles. The van der Waals surface area contributed by atoms with Crippen LogP contribution in [0.25, 0.3) is 0 Å². The first-order valence-electron chi connectivity index (χ1n) is 8.82. The maximum Gasteiger partial charge on any atom is 0.0543 e. The van der Waals surface area contributed by atoms with Gasteiger partial charge in [0.15, 0.2) is 0 Å². The topological polar surface area (TPSA) is 31.4 Å². The zero-order valence-corrected chi connectivity index (χ0v) is 14.8. The summed E-state index contributed by atoms with van der Waals surface area (Å²) in [7, 11) is 4.15. The number of hydrogen-bond donors (Lipinski definition) is 1. The van der Waals surface area contributed by atoms with Crippen molar-refractivity contribution in [2.24, 2.45) is 0 Å². The predicted octanol–water partition coefficient (Wildman–Crippen LogP) is 2.90. The third-order valence-corrected chi connectivity index (χ3v) is 4.75. The lowest BCUT2D eigenvalue weighted by Gasteiger charge is -2.32. The number of anilines is 1. The molecule has 4 nitrogen and oxygen atoms in total. The number of rotatable bonds is 6. The molecule has 1 aromatic heterocycles. The number of benzene rings is 1. The van der Waals surface area contributed by atoms with Gasteiger partial charge >= 0.3 is 0 Å². The largest absolute Gasteiger partial charge is 0.378 e. The van der Waals surface area contributed by atoms with Crippen molar-refractivity contribution >= 4 is 5.69 Å². The van der Waals surface area contributed by atoms with Crippen LogP contribution in [0.2, 0.25) is 0 Å². The first kappa shape index (κ1) is 16.9. The Labute approximate surface area is 145 Å². The molecular weight excluding hydrogens is 296 g/mol. The Morgan fingerprint density at radius 2 is 1.83 bits per heavy atom. The van der Waals surface area contributed by atoms with Crippen LogP contribution in [0.15, 0.2) is 48.7 Å². The number of hydrogen-bond acceptors (Lipinski definition) is 4. The molecule has 4 heteroatoms. The van der Waals surface area contributed by atoms with Crippen molar-refractivity contribution in [2.75, 3.05) is 32.1 Å². The third-order valence-electron chi connectivity index (χ3n) is 4.75. The minimum atomic E-state index is 0.624. The summed E-state index contributed by atoms with van der Waals surface area (Å²) in [5, 5.41) is 3.72. The van der Waals surface area contributed by atoms with Crippen LogP contribution in [0, 0.1) is 0 Å². The first-order valence-corrected chi connectivity index (χ1v) is 8.82. The van der Waals surface area contributed by atoms with E-state index in [9.17, 15) is 0 Å². The fourth-order valence-electron chi connectivity index (χ4n) is 3.19. The summed E-state index contributed by atoms with van der Waals surface area (Å²) >= 11 is 0. The first-order chi connectivity index (χ1) is 11.7. The molecule has 1 aromatic carbocycles. The molecule has 0 atom stereocenters. The summed E-state index contributed by atoms with van der Waals surface area (Å²) in [6.07, 6.45) is 4.30. The predicted molar refractivity (Wildman–Crippen MR) is 100 cm³/mol. The zero-order chi connectivity index (χ0) is 16.8. The van der Waals surface area contributed by atoms with Crippen LogP contribution < -0.4 is 10.2 Å². The highest BCUT2D eigenvalue weighted by atomic mass is 15.1. The molecule has 0 bridgehead atoms. The normalized spacial score (nSPS) is 16.2. The molecule has 1 fully saturated rings. The van der Waals surface area contributed by atoms with Gasteiger partial charge in [0.05, 0.1) is 5.69 Å². The van der Waals surface area contributed by atoms with E-state index in [0.717, 1.165) is 26.2 Å². The van der Waals surface area contributed by atoms with Crippen molar-refractivity contribution in [3.63, 3.8) is 0 Å². The van der Waals surface area contributed by atoms with Gasteiger partial charge in [-0.2, -0.15) is 0 Å². The lowest BCUT2D eigenvalue weighted by Crippen LogP contribution is -2.41. The molecule has 0 spiro atoms. The SMILES string of the molecule is CN(C)c1ccc(CNC2CCN(Cc3ccccn3)CC2)cc1. The van der Waals surface area contributed by atoms with E-state index in [1.807, 2.05) is 12.3 Å². The number of nitrogens with one attached hydrogen (secondary N) is 1. The number of piperidine rings is 1. The van der Waals surface area contributed by atoms with Crippen molar-refractivity contribution in [2.45, 2.75) is 32.0 Å². The van der Waals surface area contributed by atoms with Gasteiger partial charge in [-0.3, -0.25) is 9.88 Å². The number of nitrogens with zero attached hydrogens (tertiary/aromatic N) is 3. The van der Waals surface area contributed by atoms with Crippen LogP contribution >= 0.6 is 0 Å². The minimum absolute atomic E-state index is 0.624. The lowest BCUT2D eigenvalue weighted by atomic mass is 10.0. The molecule has 128 valence electrons. The highest BCUT2D eigenvalue weighted by molar-refractivity contribution is 5.45. The minimum Gasteiger partial charge on any atom is -0.378 e. The summed E-state index contributed by atoms with van der Waals surface area (Å²) in [5.41, 5.74) is 3.78. The van der Waals surface area contributed by atoms with Gasteiger partial charge in [0, 0.05) is 58.2 Å². The van der Waals surface area contributed by atoms with Crippen molar-refractivity contribution in [1.29, 1.82) is 0 Å². The lowest BCUT2D eigenvalue weighted by molar-refractivity contribution is 0.188. The molecule has 0 amide bonds. The molecule has 1 aliphatic heterocycles. The van der Waals surface area contributed by atoms with E-state index < -0.39 is 0 Å². The number of pyridine rings is 1. The zero-order valence-electron chi connectivity index (χ0n) is 14.8. The Morgan fingerprint density at radius 1 is 1.08 bits per heavy atom. The van der Waals surface area contributed by atoms with Gasteiger partial charge in [-0.05, 0) is 42.7 Å². The molecule has 3 rings (SSSR count). The number of likely N-dealkylation sites (tertiary alicyclic amines) is 1. The molecule has 24 heavy (non-hydrogen) atoms. The quantitative estimate of drug-likeness (QED) is 0.885. The second-order valence-corrected chi connectivity index (χ2v) is 6.81. The molecule has 1 aliphatic rings. The van der Waals surface area contributed by atoms with Gasteiger partial charge in [-0.15, -0.1) is 0 Å². The average Bonchev–Trinajstić information content (AvgIpc) is 2.62. The van der Waals surface area contributed by atoms with Crippen molar-refractivity contribution in [3.05, 3.63) is 59.9 Å². The van der Waals surface area contributed by atoms with Gasteiger partial charge in [-0.25, -0.2) is 0 Å². The molecule has 2 aromatic rings. The van der Waals surface area contributed by atoms with Gasteiger partial charge in [0.25, 0.3) is 0 Å². The van der Waals surface area contributed by atoms with E-state index in [1.165, 1.54) is 29.8 Å². The molecular formula is C20H28N4. The highest BCUT2D eigenvalue weighted by Crippen LogP contribution is 2.15. The summed E-state index contributed by atoms with van der Waals surface area (Å²) in [4.78, 5) is 9.07. The van der Waals surface area contributed by atoms with Gasteiger partial charge in [0.1, 0.15) is 0 Å². The molecule has 2 heterocycles. The second kappa shape index (κ2) is 8.27. The molecule has 0 unspecified atom stereocenters. The molecule has 0 saturated carbocycles. The van der Waals surface area contributed by atoms with Crippen LogP contribution in [-0.2, 0) is 13.1 Å². The Balaban J connectivity index is 1.41. The van der Waals surface area contributed by atoms with E-state index in [-0.39, 0.29) is 0 Å². The fraction of sp³-hybridized carbons (Fsp3) is 0.450. The van der Waals surface area contributed by atoms with E-state index >= 15 is 0 Å². The van der Waals surface area contributed by atoms with Crippen LogP contribution in [0.1, 0.15) is 24.1 Å². The second-order valence-electron chi connectivity index (χ2n) is 6.81. The van der Waals surface area contributed by atoms with Gasteiger partial charge < -0.3 is 10.2 Å². The standard InChI is InChI=1S/C20H28N4/c1-23(2)20-8-6-17(7-9-20)15-22-18-10-13-24(14-11-18)16-19-5-3-4-12-21-19/h3-9,12,18,22H,10-11,13-16H2,1-2H3. The fourth-order valence-corrected chi connectivity index (χ4v) is 3.19. The average molecular weight is 324 g/mol. The van der Waals surface area contributed by atoms with Crippen LogP contribution in [0.5, 0.6) is 0 Å². The van der Waals surface area contributed by atoms with Crippen LogP contribution in [0.3, 0.4) is 0 Å². The third kappa shape index (κ3) is 4.79. The summed E-state index contributed by atoms with van der Waals surface area (Å²) in [5.74, 6) is 0. The Kier molecular flexibility index (Phi) is 5.83. The Hall–Kier alpha value is -1.91. The molecule has 1 N–H and O–H groups in total. The van der Waals surface area contributed by atoms with E-state index in [4.69, 9.17) is 0 Å². The van der Waals surface area contributed by atoms with Crippen molar-refractivity contribution in [3.8, 4) is 0 Å². The maximum absolute atomic E-state index is 4.43. The Morgan fingerprint density at radius 3 is 2.46 bits per heavy atom. The van der Waals surface area contributed by atoms with Crippen LogP contribution in [0.4, 0.5) is 5.69 Å². The van der Waals surface area contributed by atoms with E-state index in [1.54, 1.807) is 0 Å². The summed E-state index contributed by atoms with van der Waals surface area (Å²) < 4.78 is 0. The molecule has 0 radical (unpaired) electrons.